The molecular weight excluding hydrogens is 272 g/mol. The zero-order valence-electron chi connectivity index (χ0n) is 12.3. The zero-order valence-corrected chi connectivity index (χ0v) is 13.0. The molecule has 0 bridgehead atoms. The lowest BCUT2D eigenvalue weighted by molar-refractivity contribution is 0.433. The first-order valence-electron chi connectivity index (χ1n) is 6.57. The van der Waals surface area contributed by atoms with Crippen LogP contribution in [0.2, 0.25) is 0 Å². The molecule has 3 nitrogen and oxygen atoms in total. The molecule has 0 saturated carbocycles. The van der Waals surface area contributed by atoms with Crippen LogP contribution in [0.3, 0.4) is 0 Å². The van der Waals surface area contributed by atoms with Gasteiger partial charge >= 0.3 is 0 Å². The Labute approximate surface area is 125 Å². The smallest absolute Gasteiger partial charge is 0.238 e. The quantitative estimate of drug-likeness (QED) is 0.774. The van der Waals surface area contributed by atoms with E-state index in [0.29, 0.717) is 11.8 Å². The molecule has 2 aromatic rings. The predicted octanol–water partition coefficient (Wildman–Crippen LogP) is 4.61. The van der Waals surface area contributed by atoms with Crippen LogP contribution in [0, 0.1) is 6.92 Å². The van der Waals surface area contributed by atoms with E-state index >= 15 is 0 Å². The summed E-state index contributed by atoms with van der Waals surface area (Å²) in [5.74, 6) is 1.65. The molecule has 1 aromatic heterocycles. The molecule has 4 heteroatoms. The van der Waals surface area contributed by atoms with Crippen molar-refractivity contribution in [2.24, 2.45) is 0 Å². The average Bonchev–Trinajstić information content (AvgIpc) is 2.40. The second kappa shape index (κ2) is 5.80. The standard InChI is InChI=1S/C16H19ClN2O/c1-11-5-7-14(13(9-11)16(2,3)4)20-15-8-6-12(10-17)18-19-15/h5-9H,10H2,1-4H3. The van der Waals surface area contributed by atoms with Gasteiger partial charge in [0.1, 0.15) is 5.75 Å². The summed E-state index contributed by atoms with van der Waals surface area (Å²) >= 11 is 5.70. The lowest BCUT2D eigenvalue weighted by Crippen LogP contribution is -2.13. The van der Waals surface area contributed by atoms with E-state index in [4.69, 9.17) is 16.3 Å². The summed E-state index contributed by atoms with van der Waals surface area (Å²) in [4.78, 5) is 0. The van der Waals surface area contributed by atoms with Crippen LogP contribution in [0.5, 0.6) is 11.6 Å². The van der Waals surface area contributed by atoms with E-state index in [2.05, 4.69) is 44.0 Å². The van der Waals surface area contributed by atoms with Crippen molar-refractivity contribution in [1.29, 1.82) is 0 Å². The molecule has 0 radical (unpaired) electrons. The van der Waals surface area contributed by atoms with E-state index in [1.807, 2.05) is 18.2 Å². The van der Waals surface area contributed by atoms with Gasteiger partial charge in [-0.2, -0.15) is 5.10 Å². The van der Waals surface area contributed by atoms with E-state index in [9.17, 15) is 0 Å². The summed E-state index contributed by atoms with van der Waals surface area (Å²) in [6.07, 6.45) is 0. The Morgan fingerprint density at radius 1 is 1.10 bits per heavy atom. The maximum atomic E-state index is 5.87. The number of hydrogen-bond donors (Lipinski definition) is 0. The summed E-state index contributed by atoms with van der Waals surface area (Å²) < 4.78 is 5.87. The summed E-state index contributed by atoms with van der Waals surface area (Å²) in [6, 6.07) is 9.77. The highest BCUT2D eigenvalue weighted by molar-refractivity contribution is 6.16. The summed E-state index contributed by atoms with van der Waals surface area (Å²) in [5, 5.41) is 8.03. The molecule has 0 aliphatic heterocycles. The Balaban J connectivity index is 2.32. The first-order valence-corrected chi connectivity index (χ1v) is 7.11. The number of benzene rings is 1. The van der Waals surface area contributed by atoms with Crippen LogP contribution in [-0.2, 0) is 11.3 Å². The van der Waals surface area contributed by atoms with Gasteiger partial charge in [0.2, 0.25) is 5.88 Å². The minimum absolute atomic E-state index is 0.00482. The van der Waals surface area contributed by atoms with Gasteiger partial charge in [0.15, 0.2) is 0 Å². The fourth-order valence-corrected chi connectivity index (χ4v) is 2.05. The lowest BCUT2D eigenvalue weighted by atomic mass is 9.85. The zero-order chi connectivity index (χ0) is 14.8. The molecule has 1 heterocycles. The fourth-order valence-electron chi connectivity index (χ4n) is 1.90. The van der Waals surface area contributed by atoms with E-state index in [-0.39, 0.29) is 5.41 Å². The third-order valence-corrected chi connectivity index (χ3v) is 3.26. The van der Waals surface area contributed by atoms with Crippen molar-refractivity contribution in [2.75, 3.05) is 0 Å². The number of rotatable bonds is 3. The third kappa shape index (κ3) is 3.48. The minimum Gasteiger partial charge on any atom is -0.437 e. The van der Waals surface area contributed by atoms with Crippen LogP contribution in [0.15, 0.2) is 30.3 Å². The molecular formula is C16H19ClN2O. The molecule has 0 saturated heterocycles. The van der Waals surface area contributed by atoms with Crippen molar-refractivity contribution < 1.29 is 4.74 Å². The topological polar surface area (TPSA) is 35.0 Å². The number of nitrogens with zero attached hydrogens (tertiary/aromatic N) is 2. The Bertz CT molecular complexity index is 588. The first-order chi connectivity index (χ1) is 9.40. The number of aryl methyl sites for hydroxylation is 1. The molecule has 0 spiro atoms. The molecule has 0 aliphatic rings. The van der Waals surface area contributed by atoms with Gasteiger partial charge in [-0.05, 0) is 24.5 Å². The van der Waals surface area contributed by atoms with Crippen molar-refractivity contribution >= 4 is 11.6 Å². The highest BCUT2D eigenvalue weighted by Crippen LogP contribution is 2.34. The number of halogens is 1. The summed E-state index contributed by atoms with van der Waals surface area (Å²) in [5.41, 5.74) is 3.11. The van der Waals surface area contributed by atoms with Gasteiger partial charge in [0, 0.05) is 11.6 Å². The molecule has 0 N–H and O–H groups in total. The lowest BCUT2D eigenvalue weighted by Gasteiger charge is -2.23. The maximum Gasteiger partial charge on any atom is 0.238 e. The van der Waals surface area contributed by atoms with Crippen molar-refractivity contribution in [3.05, 3.63) is 47.2 Å². The summed E-state index contributed by atoms with van der Waals surface area (Å²) in [7, 11) is 0. The van der Waals surface area contributed by atoms with Crippen molar-refractivity contribution in [3.63, 3.8) is 0 Å². The molecule has 2 rings (SSSR count). The average molecular weight is 291 g/mol. The number of aromatic nitrogens is 2. The highest BCUT2D eigenvalue weighted by atomic mass is 35.5. The Morgan fingerprint density at radius 3 is 2.40 bits per heavy atom. The fraction of sp³-hybridized carbons (Fsp3) is 0.375. The van der Waals surface area contributed by atoms with Gasteiger partial charge < -0.3 is 4.74 Å². The SMILES string of the molecule is Cc1ccc(Oc2ccc(CCl)nn2)c(C(C)(C)C)c1. The monoisotopic (exact) mass is 290 g/mol. The van der Waals surface area contributed by atoms with Crippen LogP contribution < -0.4 is 4.74 Å². The molecule has 0 amide bonds. The number of alkyl halides is 1. The van der Waals surface area contributed by atoms with Gasteiger partial charge in [0.25, 0.3) is 0 Å². The molecule has 0 unspecified atom stereocenters. The Kier molecular flexibility index (Phi) is 4.29. The van der Waals surface area contributed by atoms with Gasteiger partial charge in [-0.15, -0.1) is 16.7 Å². The predicted molar refractivity (Wildman–Crippen MR) is 81.5 cm³/mol. The largest absolute Gasteiger partial charge is 0.437 e. The van der Waals surface area contributed by atoms with Crippen LogP contribution in [0.25, 0.3) is 0 Å². The van der Waals surface area contributed by atoms with E-state index in [1.165, 1.54) is 5.56 Å². The molecule has 0 aliphatic carbocycles. The Hall–Kier alpha value is -1.61. The normalized spacial score (nSPS) is 11.4. The van der Waals surface area contributed by atoms with E-state index < -0.39 is 0 Å². The van der Waals surface area contributed by atoms with E-state index in [1.54, 1.807) is 6.07 Å². The van der Waals surface area contributed by atoms with Crippen LogP contribution in [0.1, 0.15) is 37.6 Å². The minimum atomic E-state index is 0.00482. The molecule has 106 valence electrons. The van der Waals surface area contributed by atoms with Gasteiger partial charge in [-0.1, -0.05) is 38.5 Å². The van der Waals surface area contributed by atoms with Crippen LogP contribution >= 0.6 is 11.6 Å². The molecule has 1 aromatic carbocycles. The van der Waals surface area contributed by atoms with Gasteiger partial charge in [-0.3, -0.25) is 0 Å². The van der Waals surface area contributed by atoms with Crippen molar-refractivity contribution in [3.8, 4) is 11.6 Å². The first kappa shape index (κ1) is 14.8. The second-order valence-electron chi connectivity index (χ2n) is 5.85. The van der Waals surface area contributed by atoms with E-state index in [0.717, 1.165) is 17.0 Å². The number of hydrogen-bond acceptors (Lipinski definition) is 3. The molecule has 20 heavy (non-hydrogen) atoms. The van der Waals surface area contributed by atoms with Crippen molar-refractivity contribution in [2.45, 2.75) is 39.0 Å². The second-order valence-corrected chi connectivity index (χ2v) is 6.12. The van der Waals surface area contributed by atoms with Crippen LogP contribution in [0.4, 0.5) is 0 Å². The Morgan fingerprint density at radius 2 is 1.85 bits per heavy atom. The summed E-state index contributed by atoms with van der Waals surface area (Å²) in [6.45, 7) is 8.57. The third-order valence-electron chi connectivity index (χ3n) is 2.99. The highest BCUT2D eigenvalue weighted by Gasteiger charge is 2.19. The molecule has 0 fully saturated rings. The molecule has 0 atom stereocenters. The van der Waals surface area contributed by atoms with Gasteiger partial charge in [0.05, 0.1) is 11.6 Å². The maximum absolute atomic E-state index is 5.87. The van der Waals surface area contributed by atoms with Gasteiger partial charge in [-0.25, -0.2) is 0 Å². The van der Waals surface area contributed by atoms with Crippen LogP contribution in [-0.4, -0.2) is 10.2 Å². The van der Waals surface area contributed by atoms with Crippen molar-refractivity contribution in [1.82, 2.24) is 10.2 Å². The number of ether oxygens (including phenoxy) is 1.